The minimum Gasteiger partial charge on any atom is -0.422 e. The van der Waals surface area contributed by atoms with Crippen molar-refractivity contribution in [2.75, 3.05) is 6.26 Å². The number of hydrogen-bond donors (Lipinski definition) is 0. The van der Waals surface area contributed by atoms with Crippen LogP contribution >= 0.6 is 22.2 Å². The summed E-state index contributed by atoms with van der Waals surface area (Å²) in [5, 5.41) is 3.97. The fraction of sp³-hybridized carbons (Fsp3) is 0.333. The van der Waals surface area contributed by atoms with Gasteiger partial charge in [-0.3, -0.25) is 14.4 Å². The molecule has 0 fully saturated rings. The number of aromatic nitrogens is 1. The second-order valence-electron chi connectivity index (χ2n) is 8.43. The van der Waals surface area contributed by atoms with Crippen molar-refractivity contribution in [3.8, 4) is 11.5 Å². The highest BCUT2D eigenvalue weighted by Crippen LogP contribution is 2.36. The summed E-state index contributed by atoms with van der Waals surface area (Å²) < 4.78 is 50.9. The number of ether oxygens (including phenoxy) is 2. The van der Waals surface area contributed by atoms with Crippen LogP contribution in [-0.4, -0.2) is 36.2 Å². The van der Waals surface area contributed by atoms with Crippen molar-refractivity contribution in [3.63, 3.8) is 0 Å². The first-order valence-corrected chi connectivity index (χ1v) is 14.0. The van der Waals surface area contributed by atoms with E-state index in [1.807, 2.05) is 18.4 Å². The number of benzene rings is 1. The van der Waals surface area contributed by atoms with Crippen LogP contribution in [0.5, 0.6) is 11.5 Å². The molecule has 3 rings (SSSR count). The SMILES string of the molecule is CSc1nc(C(=O)c2ccc(OC(=O)C(C)C)c(OC(=O)C(C)C)c2)cc2c1cc[s+]2C.F[B-](F)(F)F. The number of carbonyl (C=O) groups excluding carboxylic acids is 3. The molecule has 0 spiro atoms. The maximum absolute atomic E-state index is 13.3. The van der Waals surface area contributed by atoms with E-state index in [1.54, 1.807) is 33.8 Å². The number of thioether (sulfide) groups is 1. The summed E-state index contributed by atoms with van der Waals surface area (Å²) in [6, 6.07) is 8.34. The van der Waals surface area contributed by atoms with E-state index in [1.165, 1.54) is 23.9 Å². The third-order valence-corrected chi connectivity index (χ3v) is 7.04. The standard InChI is InChI=1S/C24H26NO5S2.BF4/c1-13(2)23(27)29-18-8-7-15(11-19(18)30-24(28)14(3)4)21(26)17-12-20-16(9-10-32(20)6)22(25-17)31-5;2-1(3,4)5/h7-14H,1-6H3;/q+1;-1. The van der Waals surface area contributed by atoms with Gasteiger partial charge in [0.05, 0.1) is 17.2 Å². The maximum atomic E-state index is 13.3. The predicted octanol–water partition coefficient (Wildman–Crippen LogP) is 6.90. The van der Waals surface area contributed by atoms with Crippen LogP contribution in [0.25, 0.3) is 10.1 Å². The zero-order valence-electron chi connectivity index (χ0n) is 21.0. The second-order valence-corrected chi connectivity index (χ2v) is 11.0. The molecule has 200 valence electrons. The molecule has 6 nitrogen and oxygen atoms in total. The lowest BCUT2D eigenvalue weighted by Crippen LogP contribution is -2.18. The van der Waals surface area contributed by atoms with Crippen molar-refractivity contribution in [2.24, 2.45) is 18.1 Å². The second kappa shape index (κ2) is 12.5. The van der Waals surface area contributed by atoms with Crippen LogP contribution in [0, 0.1) is 11.8 Å². The Kier molecular flexibility index (Phi) is 10.3. The smallest absolute Gasteiger partial charge is 0.422 e. The Balaban J connectivity index is 0.000000877. The lowest BCUT2D eigenvalue weighted by molar-refractivity contribution is -0.140. The van der Waals surface area contributed by atoms with Gasteiger partial charge in [0.2, 0.25) is 5.78 Å². The molecule has 0 saturated heterocycles. The summed E-state index contributed by atoms with van der Waals surface area (Å²) in [7, 11) is -6.09. The van der Waals surface area contributed by atoms with E-state index in [2.05, 4.69) is 16.6 Å². The summed E-state index contributed by atoms with van der Waals surface area (Å²) in [6.07, 6.45) is 4.03. The van der Waals surface area contributed by atoms with Gasteiger partial charge in [-0.1, -0.05) is 27.7 Å². The molecule has 0 aliphatic carbocycles. The van der Waals surface area contributed by atoms with Gasteiger partial charge >= 0.3 is 19.2 Å². The largest absolute Gasteiger partial charge is 0.673 e. The minimum atomic E-state index is -6.00. The highest BCUT2D eigenvalue weighted by atomic mass is 32.2. The number of fused-ring (bicyclic) bond motifs is 1. The number of ketones is 1. The normalized spacial score (nSPS) is 11.8. The number of thiophene rings is 1. The number of carbonyl (C=O) groups is 3. The van der Waals surface area contributed by atoms with Gasteiger partial charge in [-0.05, 0) is 34.9 Å². The van der Waals surface area contributed by atoms with Gasteiger partial charge < -0.3 is 26.7 Å². The number of pyridine rings is 1. The van der Waals surface area contributed by atoms with Crippen molar-refractivity contribution >= 4 is 57.3 Å². The van der Waals surface area contributed by atoms with Crippen molar-refractivity contribution < 1.29 is 41.1 Å². The summed E-state index contributed by atoms with van der Waals surface area (Å²) >= 11 is 1.49. The maximum Gasteiger partial charge on any atom is 0.673 e. The number of halogens is 4. The summed E-state index contributed by atoms with van der Waals surface area (Å²) in [5.74, 6) is -1.86. The first kappa shape index (κ1) is 30.3. The molecule has 0 aliphatic rings. The molecule has 0 radical (unpaired) electrons. The molecular weight excluding hydrogens is 533 g/mol. The molecule has 0 aliphatic heterocycles. The molecule has 3 aromatic rings. The number of esters is 2. The van der Waals surface area contributed by atoms with Gasteiger partial charge in [-0.2, -0.15) is 0 Å². The first-order valence-electron chi connectivity index (χ1n) is 11.0. The first-order chi connectivity index (χ1) is 17.1. The van der Waals surface area contributed by atoms with E-state index in [-0.39, 0.29) is 39.6 Å². The molecule has 2 aromatic heterocycles. The highest BCUT2D eigenvalue weighted by Gasteiger charge is 2.23. The molecule has 0 amide bonds. The number of aryl methyl sites for hydroxylation is 1. The molecule has 0 N–H and O–H groups in total. The monoisotopic (exact) mass is 559 g/mol. The number of nitrogens with zero attached hydrogens (tertiary/aromatic N) is 1. The summed E-state index contributed by atoms with van der Waals surface area (Å²) in [6.45, 7) is 6.82. The van der Waals surface area contributed by atoms with Crippen molar-refractivity contribution in [1.29, 1.82) is 0 Å². The van der Waals surface area contributed by atoms with Crippen molar-refractivity contribution in [2.45, 2.75) is 32.7 Å². The van der Waals surface area contributed by atoms with Gasteiger partial charge in [0.1, 0.15) is 22.4 Å². The molecular formula is C24H26BF4NO5S2. The molecule has 1 atom stereocenters. The van der Waals surface area contributed by atoms with Crippen LogP contribution < -0.4 is 9.47 Å². The van der Waals surface area contributed by atoms with Crippen LogP contribution in [0.1, 0.15) is 43.7 Å². The molecule has 0 saturated carbocycles. The van der Waals surface area contributed by atoms with Crippen LogP contribution in [-0.2, 0) is 15.8 Å². The number of rotatable bonds is 7. The van der Waals surface area contributed by atoms with Crippen LogP contribution in [0.2, 0.25) is 0 Å². The third-order valence-electron chi connectivity index (χ3n) is 4.77. The predicted molar refractivity (Wildman–Crippen MR) is 138 cm³/mol. The van der Waals surface area contributed by atoms with E-state index in [0.717, 1.165) is 15.1 Å². The van der Waals surface area contributed by atoms with E-state index in [9.17, 15) is 31.6 Å². The van der Waals surface area contributed by atoms with E-state index in [0.29, 0.717) is 11.3 Å². The lowest BCUT2D eigenvalue weighted by atomic mass is 10.1. The summed E-state index contributed by atoms with van der Waals surface area (Å²) in [4.78, 5) is 42.2. The number of hydrogen-bond acceptors (Lipinski definition) is 7. The minimum absolute atomic E-state index is 0.0340. The van der Waals surface area contributed by atoms with Gasteiger partial charge in [-0.15, -0.1) is 11.8 Å². The molecule has 13 heteroatoms. The zero-order chi connectivity index (χ0) is 28.1. The van der Waals surface area contributed by atoms with E-state index >= 15 is 0 Å². The molecule has 1 unspecified atom stereocenters. The van der Waals surface area contributed by atoms with E-state index in [4.69, 9.17) is 9.47 Å². The van der Waals surface area contributed by atoms with Crippen molar-refractivity contribution in [3.05, 3.63) is 47.0 Å². The van der Waals surface area contributed by atoms with Crippen molar-refractivity contribution in [1.82, 2.24) is 4.98 Å². The van der Waals surface area contributed by atoms with Crippen LogP contribution in [0.15, 0.2) is 40.7 Å². The van der Waals surface area contributed by atoms with Gasteiger partial charge in [0.15, 0.2) is 16.2 Å². The van der Waals surface area contributed by atoms with Gasteiger partial charge in [0.25, 0.3) is 0 Å². The van der Waals surface area contributed by atoms with Crippen LogP contribution in [0.4, 0.5) is 17.3 Å². The molecule has 0 bridgehead atoms. The fourth-order valence-electron chi connectivity index (χ4n) is 2.86. The van der Waals surface area contributed by atoms with Crippen LogP contribution in [0.3, 0.4) is 0 Å². The molecule has 37 heavy (non-hydrogen) atoms. The molecule has 1 aromatic carbocycles. The average molecular weight is 559 g/mol. The zero-order valence-corrected chi connectivity index (χ0v) is 22.6. The quantitative estimate of drug-likeness (QED) is 0.0593. The summed E-state index contributed by atoms with van der Waals surface area (Å²) in [5.41, 5.74) is 0.617. The Morgan fingerprint density at radius 2 is 1.46 bits per heavy atom. The Morgan fingerprint density at radius 3 is 1.97 bits per heavy atom. The van der Waals surface area contributed by atoms with Gasteiger partial charge in [-0.25, -0.2) is 4.98 Å². The Labute approximate surface area is 218 Å². The fourth-order valence-corrected chi connectivity index (χ4v) is 4.81. The lowest BCUT2D eigenvalue weighted by Gasteiger charge is -2.14. The van der Waals surface area contributed by atoms with E-state index < -0.39 is 19.2 Å². The Hall–Kier alpha value is -2.93. The topological polar surface area (TPSA) is 82.6 Å². The highest BCUT2D eigenvalue weighted by molar-refractivity contribution is 7.98. The average Bonchev–Trinajstić information content (AvgIpc) is 3.18. The Bertz CT molecular complexity index is 1300. The third kappa shape index (κ3) is 8.56. The molecule has 2 heterocycles. The Morgan fingerprint density at radius 1 is 0.919 bits per heavy atom. The van der Waals surface area contributed by atoms with Gasteiger partial charge in [0, 0.05) is 17.7 Å².